The summed E-state index contributed by atoms with van der Waals surface area (Å²) in [6.07, 6.45) is 1.65. The molecule has 0 aliphatic heterocycles. The number of nitrogens with zero attached hydrogens (tertiary/aromatic N) is 1. The van der Waals surface area contributed by atoms with Crippen LogP contribution in [0.1, 0.15) is 20.8 Å². The van der Waals surface area contributed by atoms with Crippen LogP contribution in [0.5, 0.6) is 5.88 Å². The first-order valence-electron chi connectivity index (χ1n) is 5.89. The van der Waals surface area contributed by atoms with Gasteiger partial charge in [0.25, 0.3) is 0 Å². The molecule has 0 amide bonds. The third-order valence-corrected chi connectivity index (χ3v) is 3.10. The zero-order valence-electron chi connectivity index (χ0n) is 11.0. The van der Waals surface area contributed by atoms with Gasteiger partial charge in [-0.3, -0.25) is 4.79 Å². The summed E-state index contributed by atoms with van der Waals surface area (Å²) in [5.74, 6) is 0.0809. The van der Waals surface area contributed by atoms with Gasteiger partial charge in [-0.2, -0.15) is 5.10 Å². The van der Waals surface area contributed by atoms with Crippen LogP contribution < -0.4 is 4.74 Å². The van der Waals surface area contributed by atoms with E-state index in [4.69, 9.17) is 4.74 Å². The Hall–Kier alpha value is -1.62. The molecule has 0 spiro atoms. The molecule has 0 atom stereocenters. The second kappa shape index (κ2) is 5.17. The van der Waals surface area contributed by atoms with Crippen molar-refractivity contribution in [2.75, 3.05) is 0 Å². The van der Waals surface area contributed by atoms with E-state index in [1.807, 2.05) is 45.0 Å². The number of carbonyl (C=O) groups is 1. The van der Waals surface area contributed by atoms with Gasteiger partial charge >= 0.3 is 5.97 Å². The molecule has 0 aliphatic carbocycles. The van der Waals surface area contributed by atoms with Gasteiger partial charge in [-0.1, -0.05) is 28.1 Å². The lowest BCUT2D eigenvalue weighted by Crippen LogP contribution is -2.25. The van der Waals surface area contributed by atoms with Crippen molar-refractivity contribution in [1.29, 1.82) is 0 Å². The standard InChI is InChI=1S/C14H15BrN2O2/c1-14(2,3)13(18)19-12-11(8-16-17-12)9-4-6-10(15)7-5-9/h4-8H,1-3H3,(H,16,17). The molecule has 4 nitrogen and oxygen atoms in total. The highest BCUT2D eigenvalue weighted by Crippen LogP contribution is 2.30. The number of aromatic nitrogens is 2. The molecule has 0 bridgehead atoms. The van der Waals surface area contributed by atoms with E-state index in [9.17, 15) is 4.79 Å². The van der Waals surface area contributed by atoms with Crippen molar-refractivity contribution in [1.82, 2.24) is 10.2 Å². The lowest BCUT2D eigenvalue weighted by Gasteiger charge is -2.15. The summed E-state index contributed by atoms with van der Waals surface area (Å²) in [7, 11) is 0. The maximum atomic E-state index is 11.9. The van der Waals surface area contributed by atoms with Gasteiger partial charge in [-0.05, 0) is 38.5 Å². The Balaban J connectivity index is 2.28. The van der Waals surface area contributed by atoms with Crippen molar-refractivity contribution in [2.24, 2.45) is 5.41 Å². The number of rotatable bonds is 2. The Morgan fingerprint density at radius 2 is 1.89 bits per heavy atom. The fourth-order valence-electron chi connectivity index (χ4n) is 1.43. The first kappa shape index (κ1) is 13.8. The van der Waals surface area contributed by atoms with Crippen LogP contribution in [-0.2, 0) is 4.79 Å². The number of aromatic amines is 1. The van der Waals surface area contributed by atoms with Crippen LogP contribution in [0.3, 0.4) is 0 Å². The molecule has 0 radical (unpaired) electrons. The molecule has 19 heavy (non-hydrogen) atoms. The molecular formula is C14H15BrN2O2. The Morgan fingerprint density at radius 1 is 1.26 bits per heavy atom. The average Bonchev–Trinajstić information content (AvgIpc) is 2.77. The molecule has 1 heterocycles. The maximum Gasteiger partial charge on any atom is 0.317 e. The molecule has 0 saturated heterocycles. The molecule has 0 unspecified atom stereocenters. The van der Waals surface area contributed by atoms with Crippen LogP contribution in [0, 0.1) is 5.41 Å². The van der Waals surface area contributed by atoms with Crippen molar-refractivity contribution >= 4 is 21.9 Å². The van der Waals surface area contributed by atoms with Crippen molar-refractivity contribution in [3.05, 3.63) is 34.9 Å². The van der Waals surface area contributed by atoms with Crippen LogP contribution >= 0.6 is 15.9 Å². The number of H-pyrrole nitrogens is 1. The van der Waals surface area contributed by atoms with Gasteiger partial charge in [-0.25, -0.2) is 5.10 Å². The number of benzene rings is 1. The van der Waals surface area contributed by atoms with Crippen LogP contribution in [0.4, 0.5) is 0 Å². The molecule has 0 aliphatic rings. The SMILES string of the molecule is CC(C)(C)C(=O)Oc1[nH]ncc1-c1ccc(Br)cc1. The Morgan fingerprint density at radius 3 is 2.47 bits per heavy atom. The average molecular weight is 323 g/mol. The minimum atomic E-state index is -0.553. The second-order valence-electron chi connectivity index (χ2n) is 5.26. The number of esters is 1. The smallest absolute Gasteiger partial charge is 0.317 e. The first-order chi connectivity index (χ1) is 8.88. The molecule has 1 aromatic carbocycles. The number of hydrogen-bond donors (Lipinski definition) is 1. The highest BCUT2D eigenvalue weighted by Gasteiger charge is 2.25. The van der Waals surface area contributed by atoms with Gasteiger partial charge < -0.3 is 4.74 Å². The summed E-state index contributed by atoms with van der Waals surface area (Å²) >= 11 is 3.38. The fraction of sp³-hybridized carbons (Fsp3) is 0.286. The minimum Gasteiger partial charge on any atom is -0.407 e. The summed E-state index contributed by atoms with van der Waals surface area (Å²) in [5.41, 5.74) is 1.15. The van der Waals surface area contributed by atoms with Crippen LogP contribution in [0.2, 0.25) is 0 Å². The molecule has 2 aromatic rings. The monoisotopic (exact) mass is 322 g/mol. The summed E-state index contributed by atoms with van der Waals surface area (Å²) in [4.78, 5) is 11.9. The van der Waals surface area contributed by atoms with E-state index in [2.05, 4.69) is 26.1 Å². The molecule has 0 fully saturated rings. The molecule has 1 N–H and O–H groups in total. The topological polar surface area (TPSA) is 55.0 Å². The highest BCUT2D eigenvalue weighted by molar-refractivity contribution is 9.10. The van der Waals surface area contributed by atoms with Crippen molar-refractivity contribution in [2.45, 2.75) is 20.8 Å². The normalized spacial score (nSPS) is 11.4. The molecule has 5 heteroatoms. The third-order valence-electron chi connectivity index (χ3n) is 2.57. The quantitative estimate of drug-likeness (QED) is 0.856. The number of ether oxygens (including phenoxy) is 1. The molecule has 0 saturated carbocycles. The number of carbonyl (C=O) groups excluding carboxylic acids is 1. The Kier molecular flexibility index (Phi) is 3.75. The van der Waals surface area contributed by atoms with Gasteiger partial charge in [0, 0.05) is 4.47 Å². The molecule has 2 rings (SSSR count). The largest absolute Gasteiger partial charge is 0.407 e. The van der Waals surface area contributed by atoms with Gasteiger partial charge in [0.05, 0.1) is 17.2 Å². The zero-order valence-corrected chi connectivity index (χ0v) is 12.6. The van der Waals surface area contributed by atoms with Crippen molar-refractivity contribution in [3.63, 3.8) is 0 Å². The highest BCUT2D eigenvalue weighted by atomic mass is 79.9. The number of halogens is 1. The van der Waals surface area contributed by atoms with Crippen molar-refractivity contribution < 1.29 is 9.53 Å². The van der Waals surface area contributed by atoms with E-state index < -0.39 is 5.41 Å². The predicted octanol–water partition coefficient (Wildman–Crippen LogP) is 3.79. The van der Waals surface area contributed by atoms with E-state index in [1.54, 1.807) is 6.20 Å². The predicted molar refractivity (Wildman–Crippen MR) is 76.8 cm³/mol. The first-order valence-corrected chi connectivity index (χ1v) is 6.69. The van der Waals surface area contributed by atoms with E-state index in [0.29, 0.717) is 5.88 Å². The third kappa shape index (κ3) is 3.23. The van der Waals surface area contributed by atoms with Crippen LogP contribution in [0.15, 0.2) is 34.9 Å². The zero-order chi connectivity index (χ0) is 14.0. The van der Waals surface area contributed by atoms with Crippen LogP contribution in [-0.4, -0.2) is 16.2 Å². The molecular weight excluding hydrogens is 308 g/mol. The summed E-state index contributed by atoms with van der Waals surface area (Å²) in [6.45, 7) is 5.43. The van der Waals surface area contributed by atoms with E-state index in [1.165, 1.54) is 0 Å². The van der Waals surface area contributed by atoms with E-state index in [-0.39, 0.29) is 5.97 Å². The van der Waals surface area contributed by atoms with E-state index >= 15 is 0 Å². The number of hydrogen-bond acceptors (Lipinski definition) is 3. The van der Waals surface area contributed by atoms with Gasteiger partial charge in [-0.15, -0.1) is 0 Å². The second-order valence-corrected chi connectivity index (χ2v) is 6.17. The van der Waals surface area contributed by atoms with Crippen LogP contribution in [0.25, 0.3) is 11.1 Å². The molecule has 100 valence electrons. The summed E-state index contributed by atoms with van der Waals surface area (Å²) in [6, 6.07) is 7.72. The summed E-state index contributed by atoms with van der Waals surface area (Å²) < 4.78 is 6.36. The van der Waals surface area contributed by atoms with Gasteiger partial charge in [0.1, 0.15) is 0 Å². The minimum absolute atomic E-state index is 0.296. The summed E-state index contributed by atoms with van der Waals surface area (Å²) in [5, 5.41) is 6.66. The Bertz CT molecular complexity index is 582. The lowest BCUT2D eigenvalue weighted by atomic mass is 9.97. The van der Waals surface area contributed by atoms with Gasteiger partial charge in [0.2, 0.25) is 5.88 Å². The fourth-order valence-corrected chi connectivity index (χ4v) is 1.70. The maximum absolute atomic E-state index is 11.9. The Labute approximate surface area is 120 Å². The van der Waals surface area contributed by atoms with Gasteiger partial charge in [0.15, 0.2) is 0 Å². The van der Waals surface area contributed by atoms with E-state index in [0.717, 1.165) is 15.6 Å². The van der Waals surface area contributed by atoms with Crippen molar-refractivity contribution in [3.8, 4) is 17.0 Å². The lowest BCUT2D eigenvalue weighted by molar-refractivity contribution is -0.143. The molecule has 1 aromatic heterocycles. The number of nitrogens with one attached hydrogen (secondary N) is 1.